The molecule has 2 aromatic carbocycles. The first-order chi connectivity index (χ1) is 11.1. The Hall–Kier alpha value is -1.80. The summed E-state index contributed by atoms with van der Waals surface area (Å²) in [5.41, 5.74) is 3.09. The van der Waals surface area contributed by atoms with E-state index in [0.717, 1.165) is 17.7 Å². The molecule has 0 heterocycles. The lowest BCUT2D eigenvalue weighted by Crippen LogP contribution is -2.14. The molecule has 1 amide bonds. The second kappa shape index (κ2) is 10.1. The number of benzene rings is 2. The van der Waals surface area contributed by atoms with Gasteiger partial charge in [-0.1, -0.05) is 63.6 Å². The first-order valence-electron chi connectivity index (χ1n) is 8.22. The van der Waals surface area contributed by atoms with Gasteiger partial charge in [-0.3, -0.25) is 4.79 Å². The molecule has 0 aliphatic rings. The van der Waals surface area contributed by atoms with E-state index in [2.05, 4.69) is 31.3 Å². The highest BCUT2D eigenvalue weighted by atomic mass is 35.5. The Kier molecular flexibility index (Phi) is 8.42. The van der Waals surface area contributed by atoms with Crippen molar-refractivity contribution in [3.63, 3.8) is 0 Å². The van der Waals surface area contributed by atoms with Crippen LogP contribution in [0.5, 0.6) is 0 Å². The van der Waals surface area contributed by atoms with Crippen molar-refractivity contribution in [2.24, 2.45) is 0 Å². The van der Waals surface area contributed by atoms with Crippen LogP contribution >= 0.6 is 11.6 Å². The summed E-state index contributed by atoms with van der Waals surface area (Å²) in [4.78, 5) is 12.0. The van der Waals surface area contributed by atoms with Crippen LogP contribution in [0.2, 0.25) is 5.02 Å². The van der Waals surface area contributed by atoms with Gasteiger partial charge in [0.15, 0.2) is 0 Å². The minimum Gasteiger partial charge on any atom is -0.326 e. The molecule has 1 N–H and O–H groups in total. The van der Waals surface area contributed by atoms with Gasteiger partial charge in [0.2, 0.25) is 5.91 Å². The fourth-order valence-electron chi connectivity index (χ4n) is 2.12. The molecule has 0 aliphatic carbocycles. The van der Waals surface area contributed by atoms with Crippen molar-refractivity contribution in [3.05, 3.63) is 64.7 Å². The summed E-state index contributed by atoms with van der Waals surface area (Å²) in [6, 6.07) is 15.4. The maximum atomic E-state index is 12.0. The molecular formula is C20H26ClNO. The van der Waals surface area contributed by atoms with Crippen LogP contribution in [0.25, 0.3) is 0 Å². The van der Waals surface area contributed by atoms with Gasteiger partial charge in [-0.15, -0.1) is 0 Å². The van der Waals surface area contributed by atoms with Crippen molar-refractivity contribution in [1.82, 2.24) is 0 Å². The molecule has 124 valence electrons. The average molecular weight is 332 g/mol. The normalized spacial score (nSPS) is 11.2. The van der Waals surface area contributed by atoms with Gasteiger partial charge in [0.05, 0.1) is 6.42 Å². The van der Waals surface area contributed by atoms with Gasteiger partial charge < -0.3 is 5.32 Å². The number of hydrogen-bond donors (Lipinski definition) is 1. The molecule has 1 atom stereocenters. The lowest BCUT2D eigenvalue weighted by molar-refractivity contribution is -0.115. The highest BCUT2D eigenvalue weighted by Crippen LogP contribution is 2.20. The standard InChI is InChI=1S/C18H20ClNO.C2H6/c1-3-13(2)15-6-10-17(11-7-15)20-18(21)12-14-4-8-16(19)9-5-14;1-2/h4-11,13H,3,12H2,1-2H3,(H,20,21);1-2H3. The van der Waals surface area contributed by atoms with Crippen molar-refractivity contribution < 1.29 is 4.79 Å². The third kappa shape index (κ3) is 6.45. The van der Waals surface area contributed by atoms with Crippen LogP contribution < -0.4 is 5.32 Å². The second-order valence-corrected chi connectivity index (χ2v) is 5.72. The molecule has 0 bridgehead atoms. The molecular weight excluding hydrogens is 306 g/mol. The largest absolute Gasteiger partial charge is 0.326 e. The Balaban J connectivity index is 0.00000127. The number of carbonyl (C=O) groups excluding carboxylic acids is 1. The van der Waals surface area contributed by atoms with E-state index in [4.69, 9.17) is 11.6 Å². The predicted molar refractivity (Wildman–Crippen MR) is 100 cm³/mol. The van der Waals surface area contributed by atoms with Gasteiger partial charge in [-0.25, -0.2) is 0 Å². The topological polar surface area (TPSA) is 29.1 Å². The van der Waals surface area contributed by atoms with E-state index in [9.17, 15) is 4.79 Å². The van der Waals surface area contributed by atoms with Gasteiger partial charge in [0.1, 0.15) is 0 Å². The summed E-state index contributed by atoms with van der Waals surface area (Å²) in [5, 5.41) is 3.60. The van der Waals surface area contributed by atoms with Crippen LogP contribution in [0.4, 0.5) is 5.69 Å². The molecule has 0 aromatic heterocycles. The number of rotatable bonds is 5. The minimum absolute atomic E-state index is 0.0198. The van der Waals surface area contributed by atoms with Gasteiger partial charge in [-0.2, -0.15) is 0 Å². The van der Waals surface area contributed by atoms with E-state index in [1.54, 1.807) is 12.1 Å². The van der Waals surface area contributed by atoms with Crippen molar-refractivity contribution in [2.45, 2.75) is 46.5 Å². The highest BCUT2D eigenvalue weighted by molar-refractivity contribution is 6.30. The summed E-state index contributed by atoms with van der Waals surface area (Å²) < 4.78 is 0. The molecule has 0 radical (unpaired) electrons. The molecule has 2 rings (SSSR count). The first-order valence-corrected chi connectivity index (χ1v) is 8.60. The zero-order valence-electron chi connectivity index (χ0n) is 14.4. The van der Waals surface area contributed by atoms with E-state index in [-0.39, 0.29) is 5.91 Å². The summed E-state index contributed by atoms with van der Waals surface area (Å²) >= 11 is 5.83. The van der Waals surface area contributed by atoms with E-state index in [1.165, 1.54) is 5.56 Å². The van der Waals surface area contributed by atoms with Crippen LogP contribution in [-0.2, 0) is 11.2 Å². The quantitative estimate of drug-likeness (QED) is 0.708. The predicted octanol–water partition coefficient (Wildman–Crippen LogP) is 6.06. The summed E-state index contributed by atoms with van der Waals surface area (Å²) in [5.74, 6) is 0.525. The zero-order chi connectivity index (χ0) is 17.2. The molecule has 0 fully saturated rings. The van der Waals surface area contributed by atoms with Gasteiger partial charge in [0.25, 0.3) is 0 Å². The molecule has 1 unspecified atom stereocenters. The zero-order valence-corrected chi connectivity index (χ0v) is 15.2. The van der Waals surface area contributed by atoms with Crippen molar-refractivity contribution in [3.8, 4) is 0 Å². The maximum Gasteiger partial charge on any atom is 0.228 e. The highest BCUT2D eigenvalue weighted by Gasteiger charge is 2.06. The van der Waals surface area contributed by atoms with Gasteiger partial charge in [-0.05, 0) is 47.7 Å². The van der Waals surface area contributed by atoms with Crippen LogP contribution in [-0.4, -0.2) is 5.91 Å². The molecule has 2 nitrogen and oxygen atoms in total. The molecule has 23 heavy (non-hydrogen) atoms. The number of nitrogens with one attached hydrogen (secondary N) is 1. The summed E-state index contributed by atoms with van der Waals surface area (Å²) in [6.45, 7) is 8.38. The smallest absolute Gasteiger partial charge is 0.228 e. The Morgan fingerprint density at radius 1 is 1.04 bits per heavy atom. The SMILES string of the molecule is CC.CCC(C)c1ccc(NC(=O)Cc2ccc(Cl)cc2)cc1. The number of carbonyl (C=O) groups is 1. The summed E-state index contributed by atoms with van der Waals surface area (Å²) in [7, 11) is 0. The van der Waals surface area contributed by atoms with Gasteiger partial charge in [0, 0.05) is 10.7 Å². The van der Waals surface area contributed by atoms with E-state index in [0.29, 0.717) is 17.4 Å². The molecule has 0 saturated carbocycles. The third-order valence-electron chi connectivity index (χ3n) is 3.65. The van der Waals surface area contributed by atoms with E-state index < -0.39 is 0 Å². The Labute approximate surface area is 144 Å². The van der Waals surface area contributed by atoms with Crippen molar-refractivity contribution in [1.29, 1.82) is 0 Å². The van der Waals surface area contributed by atoms with E-state index >= 15 is 0 Å². The monoisotopic (exact) mass is 331 g/mol. The number of anilines is 1. The number of amides is 1. The molecule has 2 aromatic rings. The fraction of sp³-hybridized carbons (Fsp3) is 0.350. The lowest BCUT2D eigenvalue weighted by atomic mass is 9.98. The lowest BCUT2D eigenvalue weighted by Gasteiger charge is -2.10. The first kappa shape index (κ1) is 19.2. The Morgan fingerprint density at radius 2 is 1.61 bits per heavy atom. The van der Waals surface area contributed by atoms with Crippen LogP contribution in [0.3, 0.4) is 0 Å². The van der Waals surface area contributed by atoms with Crippen LogP contribution in [0.15, 0.2) is 48.5 Å². The average Bonchev–Trinajstić information content (AvgIpc) is 2.58. The van der Waals surface area contributed by atoms with Crippen molar-refractivity contribution in [2.75, 3.05) is 5.32 Å². The van der Waals surface area contributed by atoms with Crippen LogP contribution in [0, 0.1) is 0 Å². The Morgan fingerprint density at radius 3 is 2.13 bits per heavy atom. The molecule has 3 heteroatoms. The third-order valence-corrected chi connectivity index (χ3v) is 3.91. The van der Waals surface area contributed by atoms with Crippen LogP contribution in [0.1, 0.15) is 51.2 Å². The fourth-order valence-corrected chi connectivity index (χ4v) is 2.25. The molecule has 0 spiro atoms. The maximum absolute atomic E-state index is 12.0. The molecule has 0 saturated heterocycles. The number of hydrogen-bond acceptors (Lipinski definition) is 1. The Bertz CT molecular complexity index is 590. The number of halogens is 1. The minimum atomic E-state index is -0.0198. The van der Waals surface area contributed by atoms with Crippen molar-refractivity contribution >= 4 is 23.2 Å². The van der Waals surface area contributed by atoms with E-state index in [1.807, 2.05) is 38.1 Å². The van der Waals surface area contributed by atoms with Gasteiger partial charge >= 0.3 is 0 Å². The summed E-state index contributed by atoms with van der Waals surface area (Å²) in [6.07, 6.45) is 1.46. The molecule has 0 aliphatic heterocycles. The second-order valence-electron chi connectivity index (χ2n) is 5.28.